The number of urea groups is 1. The number of hydrogen-bond donors (Lipinski definition) is 4. The minimum absolute atomic E-state index is 0.0612. The molecule has 0 saturated heterocycles. The van der Waals surface area contributed by atoms with Crippen LogP contribution in [0.25, 0.3) is 0 Å². The maximum atomic E-state index is 11.5. The lowest BCUT2D eigenvalue weighted by molar-refractivity contribution is -0.140. The zero-order valence-electron chi connectivity index (χ0n) is 10.1. The van der Waals surface area contributed by atoms with Gasteiger partial charge in [-0.1, -0.05) is 12.2 Å². The quantitative estimate of drug-likeness (QED) is 0.498. The molecule has 3 atom stereocenters. The minimum atomic E-state index is -0.905. The van der Waals surface area contributed by atoms with E-state index in [1.165, 1.54) is 0 Å². The van der Waals surface area contributed by atoms with E-state index in [2.05, 4.69) is 10.6 Å². The number of nitrogens with one attached hydrogen (secondary N) is 2. The van der Waals surface area contributed by atoms with Gasteiger partial charge < -0.3 is 21.5 Å². The number of hydrogen-bond acceptors (Lipinski definition) is 3. The molecule has 7 heteroatoms. The van der Waals surface area contributed by atoms with Gasteiger partial charge in [0.25, 0.3) is 0 Å². The molecule has 0 aromatic carbocycles. The maximum Gasteiger partial charge on any atom is 0.315 e. The second-order valence-corrected chi connectivity index (χ2v) is 4.36. The lowest BCUT2D eigenvalue weighted by Gasteiger charge is -2.16. The van der Waals surface area contributed by atoms with Crippen LogP contribution in [0.5, 0.6) is 0 Å². The maximum absolute atomic E-state index is 11.5. The summed E-state index contributed by atoms with van der Waals surface area (Å²) in [6, 6.07) is -1.10. The first-order chi connectivity index (χ1) is 8.38. The summed E-state index contributed by atoms with van der Waals surface area (Å²) < 4.78 is 0. The summed E-state index contributed by atoms with van der Waals surface area (Å²) >= 11 is 0. The summed E-state index contributed by atoms with van der Waals surface area (Å²) in [7, 11) is 0. The number of carbonyl (C=O) groups excluding carboxylic acids is 2. The second kappa shape index (κ2) is 6.04. The fraction of sp³-hybridized carbons (Fsp3) is 0.545. The fourth-order valence-electron chi connectivity index (χ4n) is 1.78. The number of aliphatic carboxylic acids is 1. The van der Waals surface area contributed by atoms with Crippen molar-refractivity contribution in [2.45, 2.75) is 31.8 Å². The third kappa shape index (κ3) is 4.44. The van der Waals surface area contributed by atoms with Crippen molar-refractivity contribution in [1.82, 2.24) is 10.6 Å². The Labute approximate surface area is 104 Å². The molecule has 0 aromatic rings. The zero-order valence-corrected chi connectivity index (χ0v) is 10.1. The van der Waals surface area contributed by atoms with Crippen LogP contribution in [0.1, 0.15) is 19.8 Å². The molecule has 0 heterocycles. The molecule has 1 aliphatic carbocycles. The molecule has 7 nitrogen and oxygen atoms in total. The number of carboxylic acids is 1. The summed E-state index contributed by atoms with van der Waals surface area (Å²) in [6.07, 6.45) is 3.61. The van der Waals surface area contributed by atoms with E-state index in [0.29, 0.717) is 6.42 Å². The van der Waals surface area contributed by atoms with Crippen molar-refractivity contribution in [1.29, 1.82) is 0 Å². The molecule has 100 valence electrons. The normalized spacial score (nSPS) is 23.4. The van der Waals surface area contributed by atoms with Crippen LogP contribution in [0, 0.1) is 5.92 Å². The zero-order chi connectivity index (χ0) is 13.7. The summed E-state index contributed by atoms with van der Waals surface area (Å²) in [6.45, 7) is 1.66. The van der Waals surface area contributed by atoms with E-state index in [-0.39, 0.29) is 18.5 Å². The standard InChI is InChI=1S/C11H17N3O4/c1-6(4-9(12)15)13-11(18)14-8-3-2-7(5-8)10(16)17/h2-3,6-8H,4-5H2,1H3,(H2,12,15)(H,16,17)(H2,13,14,18). The molecule has 0 spiro atoms. The summed E-state index contributed by atoms with van der Waals surface area (Å²) in [5.74, 6) is -1.95. The van der Waals surface area contributed by atoms with Crippen LogP contribution in [0.15, 0.2) is 12.2 Å². The molecular weight excluding hydrogens is 238 g/mol. The van der Waals surface area contributed by atoms with E-state index < -0.39 is 23.8 Å². The van der Waals surface area contributed by atoms with E-state index in [0.717, 1.165) is 0 Å². The Balaban J connectivity index is 2.32. The van der Waals surface area contributed by atoms with Crippen molar-refractivity contribution >= 4 is 17.9 Å². The molecular formula is C11H17N3O4. The predicted octanol–water partition coefficient (Wildman–Crippen LogP) is -0.421. The smallest absolute Gasteiger partial charge is 0.315 e. The van der Waals surface area contributed by atoms with Crippen molar-refractivity contribution in [3.63, 3.8) is 0 Å². The molecule has 0 fully saturated rings. The van der Waals surface area contributed by atoms with Gasteiger partial charge in [0.2, 0.25) is 5.91 Å². The van der Waals surface area contributed by atoms with Crippen LogP contribution in [0.4, 0.5) is 4.79 Å². The number of rotatable bonds is 5. The van der Waals surface area contributed by atoms with Crippen LogP contribution < -0.4 is 16.4 Å². The van der Waals surface area contributed by atoms with Gasteiger partial charge in [0.15, 0.2) is 0 Å². The number of primary amides is 1. The highest BCUT2D eigenvalue weighted by Gasteiger charge is 2.25. The van der Waals surface area contributed by atoms with Crippen LogP contribution in [0.3, 0.4) is 0 Å². The van der Waals surface area contributed by atoms with Gasteiger partial charge in [0.1, 0.15) is 0 Å². The molecule has 0 saturated carbocycles. The molecule has 0 aliphatic heterocycles. The summed E-state index contributed by atoms with van der Waals surface area (Å²) in [4.78, 5) is 32.8. The Morgan fingerprint density at radius 2 is 2.11 bits per heavy atom. The number of carboxylic acid groups (broad SMARTS) is 1. The third-order valence-corrected chi connectivity index (χ3v) is 2.60. The molecule has 18 heavy (non-hydrogen) atoms. The molecule has 5 N–H and O–H groups in total. The van der Waals surface area contributed by atoms with E-state index in [4.69, 9.17) is 10.8 Å². The fourth-order valence-corrected chi connectivity index (χ4v) is 1.78. The Morgan fingerprint density at radius 3 is 2.61 bits per heavy atom. The first kappa shape index (κ1) is 14.0. The SMILES string of the molecule is CC(CC(N)=O)NC(=O)NC1C=CC(C(=O)O)C1. The van der Waals surface area contributed by atoms with Gasteiger partial charge in [-0.25, -0.2) is 4.79 Å². The summed E-state index contributed by atoms with van der Waals surface area (Å²) in [5.41, 5.74) is 5.00. The van der Waals surface area contributed by atoms with Gasteiger partial charge in [-0.3, -0.25) is 9.59 Å². The van der Waals surface area contributed by atoms with Crippen molar-refractivity contribution < 1.29 is 19.5 Å². The number of carbonyl (C=O) groups is 3. The van der Waals surface area contributed by atoms with Gasteiger partial charge >= 0.3 is 12.0 Å². The van der Waals surface area contributed by atoms with E-state index in [1.54, 1.807) is 19.1 Å². The van der Waals surface area contributed by atoms with Gasteiger partial charge in [-0.05, 0) is 13.3 Å². The molecule has 0 radical (unpaired) electrons. The van der Waals surface area contributed by atoms with Crippen molar-refractivity contribution in [2.75, 3.05) is 0 Å². The molecule has 1 rings (SSSR count). The highest BCUT2D eigenvalue weighted by Crippen LogP contribution is 2.17. The van der Waals surface area contributed by atoms with E-state index in [1.807, 2.05) is 0 Å². The van der Waals surface area contributed by atoms with Crippen molar-refractivity contribution in [3.8, 4) is 0 Å². The predicted molar refractivity (Wildman–Crippen MR) is 63.6 cm³/mol. The van der Waals surface area contributed by atoms with Crippen LogP contribution in [-0.4, -0.2) is 35.1 Å². The molecule has 0 bridgehead atoms. The first-order valence-electron chi connectivity index (χ1n) is 5.65. The lowest BCUT2D eigenvalue weighted by Crippen LogP contribution is -2.45. The number of amides is 3. The van der Waals surface area contributed by atoms with Gasteiger partial charge in [0.05, 0.1) is 12.0 Å². The largest absolute Gasteiger partial charge is 0.481 e. The Kier molecular flexibility index (Phi) is 4.70. The van der Waals surface area contributed by atoms with Gasteiger partial charge in [-0.15, -0.1) is 0 Å². The Morgan fingerprint density at radius 1 is 1.44 bits per heavy atom. The molecule has 3 amide bonds. The van der Waals surface area contributed by atoms with Gasteiger partial charge in [0, 0.05) is 12.5 Å². The third-order valence-electron chi connectivity index (χ3n) is 2.60. The minimum Gasteiger partial charge on any atom is -0.481 e. The molecule has 3 unspecified atom stereocenters. The number of nitrogens with two attached hydrogens (primary N) is 1. The monoisotopic (exact) mass is 255 g/mol. The first-order valence-corrected chi connectivity index (χ1v) is 5.65. The highest BCUT2D eigenvalue weighted by atomic mass is 16.4. The van der Waals surface area contributed by atoms with Crippen LogP contribution >= 0.6 is 0 Å². The highest BCUT2D eigenvalue weighted by molar-refractivity contribution is 5.78. The van der Waals surface area contributed by atoms with Crippen LogP contribution in [0.2, 0.25) is 0 Å². The second-order valence-electron chi connectivity index (χ2n) is 4.36. The average molecular weight is 255 g/mol. The van der Waals surface area contributed by atoms with Gasteiger partial charge in [-0.2, -0.15) is 0 Å². The molecule has 1 aliphatic rings. The van der Waals surface area contributed by atoms with E-state index in [9.17, 15) is 14.4 Å². The molecule has 0 aromatic heterocycles. The Bertz CT molecular complexity index is 380. The van der Waals surface area contributed by atoms with Crippen molar-refractivity contribution in [3.05, 3.63) is 12.2 Å². The summed E-state index contributed by atoms with van der Waals surface area (Å²) in [5, 5.41) is 13.9. The average Bonchev–Trinajstić information content (AvgIpc) is 2.63. The topological polar surface area (TPSA) is 122 Å². The Hall–Kier alpha value is -2.05. The van der Waals surface area contributed by atoms with Crippen molar-refractivity contribution in [2.24, 2.45) is 11.7 Å². The van der Waals surface area contributed by atoms with E-state index >= 15 is 0 Å². The van der Waals surface area contributed by atoms with Crippen LogP contribution in [-0.2, 0) is 9.59 Å². The lowest BCUT2D eigenvalue weighted by atomic mass is 10.1.